The molecule has 0 unspecified atom stereocenters. The molecule has 0 fully saturated rings. The molecule has 2 N–H and O–H groups in total. The van der Waals surface area contributed by atoms with Crippen molar-refractivity contribution < 1.29 is 27.4 Å². The first kappa shape index (κ1) is 22.9. The third-order valence-electron chi connectivity index (χ3n) is 4.80. The van der Waals surface area contributed by atoms with Crippen molar-refractivity contribution in [2.24, 2.45) is 0 Å². The Morgan fingerprint density at radius 3 is 2.39 bits per heavy atom. The van der Waals surface area contributed by atoms with Gasteiger partial charge in [0, 0.05) is 11.6 Å². The number of rotatable bonds is 7. The fourth-order valence-electron chi connectivity index (χ4n) is 3.26. The van der Waals surface area contributed by atoms with Gasteiger partial charge < -0.3 is 19.5 Å². The number of nitrogens with one attached hydrogen (secondary N) is 2. The van der Waals surface area contributed by atoms with Crippen LogP contribution in [-0.4, -0.2) is 40.7 Å². The van der Waals surface area contributed by atoms with Crippen LogP contribution in [0, 0.1) is 0 Å². The number of carbonyl (C=O) groups excluding carboxylic acids is 1. The molecule has 9 heteroatoms. The predicted molar refractivity (Wildman–Crippen MR) is 116 cm³/mol. The van der Waals surface area contributed by atoms with E-state index in [0.717, 1.165) is 5.56 Å². The smallest absolute Gasteiger partial charge is 0.252 e. The molecule has 0 atom stereocenters. The molecular weight excluding hydrogens is 420 g/mol. The Hall–Kier alpha value is -2.78. The van der Waals surface area contributed by atoms with Crippen molar-refractivity contribution in [2.75, 3.05) is 20.3 Å². The number of sulfonamides is 1. The van der Waals surface area contributed by atoms with Crippen molar-refractivity contribution in [1.82, 2.24) is 10.0 Å². The number of fused-ring (bicyclic) bond motifs is 1. The average Bonchev–Trinajstić information content (AvgIpc) is 2.71. The molecule has 0 aromatic heterocycles. The second-order valence-electron chi connectivity index (χ2n) is 8.08. The second kappa shape index (κ2) is 8.76. The van der Waals surface area contributed by atoms with Crippen LogP contribution in [0.25, 0.3) is 0 Å². The van der Waals surface area contributed by atoms with Gasteiger partial charge in [-0.25, -0.2) is 13.1 Å². The first-order chi connectivity index (χ1) is 14.5. The van der Waals surface area contributed by atoms with Gasteiger partial charge in [0.15, 0.2) is 11.5 Å². The van der Waals surface area contributed by atoms with Crippen molar-refractivity contribution in [3.63, 3.8) is 0 Å². The van der Waals surface area contributed by atoms with E-state index < -0.39 is 21.5 Å². The molecule has 0 bridgehead atoms. The summed E-state index contributed by atoms with van der Waals surface area (Å²) in [6.45, 7) is 8.13. The lowest BCUT2D eigenvalue weighted by molar-refractivity contribution is 0.0911. The van der Waals surface area contributed by atoms with Gasteiger partial charge in [-0.3, -0.25) is 4.79 Å². The van der Waals surface area contributed by atoms with Crippen molar-refractivity contribution in [3.8, 4) is 17.2 Å². The minimum absolute atomic E-state index is 0.0894. The SMILES string of the molecule is COc1ccc(C(=O)NC(C)(C)c2ccc3c(c2)OCCO3)cc1S(=O)(=O)NC(C)C. The average molecular weight is 449 g/mol. The summed E-state index contributed by atoms with van der Waals surface area (Å²) >= 11 is 0. The van der Waals surface area contributed by atoms with Gasteiger partial charge in [-0.15, -0.1) is 0 Å². The largest absolute Gasteiger partial charge is 0.495 e. The maximum atomic E-state index is 13.0. The van der Waals surface area contributed by atoms with Crippen molar-refractivity contribution >= 4 is 15.9 Å². The van der Waals surface area contributed by atoms with Gasteiger partial charge in [0.05, 0.1) is 12.6 Å². The van der Waals surface area contributed by atoms with E-state index in [-0.39, 0.29) is 22.3 Å². The lowest BCUT2D eigenvalue weighted by Gasteiger charge is -2.29. The molecule has 8 nitrogen and oxygen atoms in total. The normalized spacial score (nSPS) is 13.7. The highest BCUT2D eigenvalue weighted by molar-refractivity contribution is 7.89. The highest BCUT2D eigenvalue weighted by Gasteiger charge is 2.27. The topological polar surface area (TPSA) is 103 Å². The van der Waals surface area contributed by atoms with Crippen LogP contribution in [0.5, 0.6) is 17.2 Å². The molecule has 1 aliphatic heterocycles. The van der Waals surface area contributed by atoms with Crippen LogP contribution in [0.15, 0.2) is 41.3 Å². The molecule has 2 aromatic rings. The molecule has 0 saturated heterocycles. The molecule has 1 amide bonds. The summed E-state index contributed by atoms with van der Waals surface area (Å²) in [6, 6.07) is 9.53. The van der Waals surface area contributed by atoms with E-state index in [1.165, 1.54) is 25.3 Å². The van der Waals surface area contributed by atoms with Gasteiger partial charge in [-0.2, -0.15) is 0 Å². The molecule has 31 heavy (non-hydrogen) atoms. The number of benzene rings is 2. The fourth-order valence-corrected chi connectivity index (χ4v) is 4.71. The molecule has 2 aromatic carbocycles. The van der Waals surface area contributed by atoms with Crippen molar-refractivity contribution in [2.45, 2.75) is 44.2 Å². The minimum atomic E-state index is -3.85. The summed E-state index contributed by atoms with van der Waals surface area (Å²) in [4.78, 5) is 12.9. The highest BCUT2D eigenvalue weighted by Crippen LogP contribution is 2.34. The second-order valence-corrected chi connectivity index (χ2v) is 9.76. The monoisotopic (exact) mass is 448 g/mol. The van der Waals surface area contributed by atoms with E-state index in [1.807, 2.05) is 32.0 Å². The highest BCUT2D eigenvalue weighted by atomic mass is 32.2. The van der Waals surface area contributed by atoms with Gasteiger partial charge in [0.25, 0.3) is 5.91 Å². The summed E-state index contributed by atoms with van der Waals surface area (Å²) in [5, 5.41) is 2.96. The lowest BCUT2D eigenvalue weighted by Crippen LogP contribution is -2.41. The number of amides is 1. The number of ether oxygens (including phenoxy) is 3. The van der Waals surface area contributed by atoms with E-state index >= 15 is 0 Å². The van der Waals surface area contributed by atoms with E-state index in [9.17, 15) is 13.2 Å². The summed E-state index contributed by atoms with van der Waals surface area (Å²) in [6.07, 6.45) is 0. The quantitative estimate of drug-likeness (QED) is 0.675. The zero-order valence-electron chi connectivity index (χ0n) is 18.3. The molecule has 1 aliphatic rings. The summed E-state index contributed by atoms with van der Waals surface area (Å²) < 4.78 is 44.3. The molecule has 0 aliphatic carbocycles. The third kappa shape index (κ3) is 5.11. The van der Waals surface area contributed by atoms with Gasteiger partial charge in [-0.1, -0.05) is 6.07 Å². The first-order valence-electron chi connectivity index (χ1n) is 9.96. The van der Waals surface area contributed by atoms with Crippen LogP contribution in [0.3, 0.4) is 0 Å². The lowest BCUT2D eigenvalue weighted by atomic mass is 9.93. The molecule has 0 spiro atoms. The van der Waals surface area contributed by atoms with Gasteiger partial charge in [-0.05, 0) is 63.6 Å². The zero-order chi connectivity index (χ0) is 22.8. The summed E-state index contributed by atoms with van der Waals surface area (Å²) in [7, 11) is -2.47. The Labute approximate surface area is 182 Å². The Balaban J connectivity index is 1.88. The third-order valence-corrected chi connectivity index (χ3v) is 6.48. The summed E-state index contributed by atoms with van der Waals surface area (Å²) in [5.74, 6) is 1.04. The molecule has 3 rings (SSSR count). The van der Waals surface area contributed by atoms with E-state index in [4.69, 9.17) is 14.2 Å². The zero-order valence-corrected chi connectivity index (χ0v) is 19.1. The van der Waals surface area contributed by atoms with Crippen LogP contribution >= 0.6 is 0 Å². The molecule has 168 valence electrons. The molecule has 1 heterocycles. The maximum absolute atomic E-state index is 13.0. The van der Waals surface area contributed by atoms with Crippen LogP contribution in [0.2, 0.25) is 0 Å². The predicted octanol–water partition coefficient (Wildman–Crippen LogP) is 2.82. The number of carbonyl (C=O) groups is 1. The molecular formula is C22H28N2O6S. The van der Waals surface area contributed by atoms with Crippen LogP contribution in [-0.2, 0) is 15.6 Å². The van der Waals surface area contributed by atoms with Crippen molar-refractivity contribution in [1.29, 1.82) is 0 Å². The van der Waals surface area contributed by atoms with Crippen molar-refractivity contribution in [3.05, 3.63) is 47.5 Å². The van der Waals surface area contributed by atoms with Gasteiger partial charge in [0.2, 0.25) is 10.0 Å². The van der Waals surface area contributed by atoms with Gasteiger partial charge in [0.1, 0.15) is 23.9 Å². The standard InChI is InChI=1S/C22H28N2O6S/c1-14(2)24-31(26,27)20-12-15(6-8-18(20)28-5)21(25)23-22(3,4)16-7-9-17-19(13-16)30-11-10-29-17/h6-9,12-14,24H,10-11H2,1-5H3,(H,23,25). The van der Waals surface area contributed by atoms with E-state index in [1.54, 1.807) is 13.8 Å². The maximum Gasteiger partial charge on any atom is 0.252 e. The van der Waals surface area contributed by atoms with E-state index in [0.29, 0.717) is 24.7 Å². The summed E-state index contributed by atoms with van der Waals surface area (Å²) in [5.41, 5.74) is 0.283. The number of methoxy groups -OCH3 is 1. The van der Waals surface area contributed by atoms with Crippen LogP contribution < -0.4 is 24.2 Å². The Morgan fingerprint density at radius 2 is 1.74 bits per heavy atom. The Morgan fingerprint density at radius 1 is 1.06 bits per heavy atom. The minimum Gasteiger partial charge on any atom is -0.495 e. The number of hydrogen-bond acceptors (Lipinski definition) is 6. The fraction of sp³-hybridized carbons (Fsp3) is 0.409. The van der Waals surface area contributed by atoms with Gasteiger partial charge >= 0.3 is 0 Å². The van der Waals surface area contributed by atoms with E-state index in [2.05, 4.69) is 10.0 Å². The molecule has 0 radical (unpaired) electrons. The van der Waals surface area contributed by atoms with Crippen LogP contribution in [0.4, 0.5) is 0 Å². The first-order valence-corrected chi connectivity index (χ1v) is 11.4. The Kier molecular flexibility index (Phi) is 6.47. The molecule has 0 saturated carbocycles. The number of hydrogen-bond donors (Lipinski definition) is 2. The Bertz CT molecular complexity index is 1080. The van der Waals surface area contributed by atoms with Crippen LogP contribution in [0.1, 0.15) is 43.6 Å².